The van der Waals surface area contributed by atoms with Gasteiger partial charge in [0.05, 0.1) is 6.54 Å². The smallest absolute Gasteiger partial charge is 0.315 e. The van der Waals surface area contributed by atoms with Gasteiger partial charge in [-0.15, -0.1) is 11.3 Å². The molecule has 3 rings (SSSR count). The standard InChI is InChI=1S/C19H25N3OS/c1-14-7-9-15(10-8-14)11-17-12-20-18(24-17)13-21-19(23)22-16-5-3-2-4-6-16/h7-10,12,16H,2-6,11,13H2,1H3,(H2,21,22,23). The highest BCUT2D eigenvalue weighted by Gasteiger charge is 2.15. The van der Waals surface area contributed by atoms with E-state index in [1.165, 1.54) is 35.3 Å². The summed E-state index contributed by atoms with van der Waals surface area (Å²) < 4.78 is 0. The number of aryl methyl sites for hydroxylation is 1. The number of hydrogen-bond acceptors (Lipinski definition) is 3. The zero-order valence-corrected chi connectivity index (χ0v) is 15.0. The topological polar surface area (TPSA) is 54.0 Å². The Labute approximate surface area is 147 Å². The second-order valence-electron chi connectivity index (χ2n) is 6.54. The molecular formula is C19H25N3OS. The van der Waals surface area contributed by atoms with E-state index in [1.807, 2.05) is 6.20 Å². The fraction of sp³-hybridized carbons (Fsp3) is 0.474. The fourth-order valence-electron chi connectivity index (χ4n) is 3.06. The molecule has 1 saturated carbocycles. The van der Waals surface area contributed by atoms with E-state index in [0.717, 1.165) is 24.3 Å². The van der Waals surface area contributed by atoms with Crippen LogP contribution in [0.5, 0.6) is 0 Å². The number of amides is 2. The predicted octanol–water partition coefficient (Wildman–Crippen LogP) is 4.17. The highest BCUT2D eigenvalue weighted by atomic mass is 32.1. The van der Waals surface area contributed by atoms with Crippen molar-refractivity contribution < 1.29 is 4.79 Å². The van der Waals surface area contributed by atoms with Crippen molar-refractivity contribution in [3.8, 4) is 0 Å². The van der Waals surface area contributed by atoms with Crippen LogP contribution in [0.2, 0.25) is 0 Å². The first kappa shape index (κ1) is 17.0. The van der Waals surface area contributed by atoms with Gasteiger partial charge >= 0.3 is 6.03 Å². The van der Waals surface area contributed by atoms with Gasteiger partial charge in [-0.3, -0.25) is 0 Å². The molecule has 2 N–H and O–H groups in total. The Morgan fingerprint density at radius 1 is 1.21 bits per heavy atom. The minimum Gasteiger partial charge on any atom is -0.335 e. The number of urea groups is 1. The molecular weight excluding hydrogens is 318 g/mol. The van der Waals surface area contributed by atoms with Crippen LogP contribution < -0.4 is 10.6 Å². The molecule has 1 fully saturated rings. The molecule has 2 aromatic rings. The summed E-state index contributed by atoms with van der Waals surface area (Å²) >= 11 is 1.67. The van der Waals surface area contributed by atoms with Gasteiger partial charge in [-0.05, 0) is 25.3 Å². The van der Waals surface area contributed by atoms with Crippen molar-refractivity contribution in [3.05, 3.63) is 51.5 Å². The average molecular weight is 343 g/mol. The molecule has 0 radical (unpaired) electrons. The molecule has 0 atom stereocenters. The van der Waals surface area contributed by atoms with Crippen LogP contribution in [0.4, 0.5) is 4.79 Å². The zero-order valence-electron chi connectivity index (χ0n) is 14.2. The largest absolute Gasteiger partial charge is 0.335 e. The maximum Gasteiger partial charge on any atom is 0.315 e. The lowest BCUT2D eigenvalue weighted by Gasteiger charge is -2.22. The number of nitrogens with one attached hydrogen (secondary N) is 2. The lowest BCUT2D eigenvalue weighted by molar-refractivity contribution is 0.232. The third kappa shape index (κ3) is 5.06. The van der Waals surface area contributed by atoms with Crippen molar-refractivity contribution >= 4 is 17.4 Å². The normalized spacial score (nSPS) is 15.2. The summed E-state index contributed by atoms with van der Waals surface area (Å²) in [5, 5.41) is 6.95. The van der Waals surface area contributed by atoms with Gasteiger partial charge in [0.2, 0.25) is 0 Å². The first-order valence-electron chi connectivity index (χ1n) is 8.72. The Bertz CT molecular complexity index is 660. The number of benzene rings is 1. The zero-order chi connectivity index (χ0) is 16.8. The maximum atomic E-state index is 12.0. The second-order valence-corrected chi connectivity index (χ2v) is 7.74. The Kier molecular flexibility index (Phi) is 5.86. The van der Waals surface area contributed by atoms with Gasteiger partial charge in [0.1, 0.15) is 5.01 Å². The van der Waals surface area contributed by atoms with Crippen LogP contribution in [0.15, 0.2) is 30.5 Å². The molecule has 4 nitrogen and oxygen atoms in total. The van der Waals surface area contributed by atoms with Gasteiger partial charge in [0.25, 0.3) is 0 Å². The summed E-state index contributed by atoms with van der Waals surface area (Å²) in [6.07, 6.45) is 8.76. The highest BCUT2D eigenvalue weighted by Crippen LogP contribution is 2.18. The van der Waals surface area contributed by atoms with E-state index in [4.69, 9.17) is 0 Å². The van der Waals surface area contributed by atoms with Crippen LogP contribution in [-0.4, -0.2) is 17.1 Å². The van der Waals surface area contributed by atoms with Crippen LogP contribution in [-0.2, 0) is 13.0 Å². The van der Waals surface area contributed by atoms with Crippen LogP contribution in [0.25, 0.3) is 0 Å². The van der Waals surface area contributed by atoms with Crippen molar-refractivity contribution in [2.24, 2.45) is 0 Å². The first-order valence-corrected chi connectivity index (χ1v) is 9.54. The summed E-state index contributed by atoms with van der Waals surface area (Å²) in [6, 6.07) is 8.85. The lowest BCUT2D eigenvalue weighted by atomic mass is 9.96. The molecule has 2 amide bonds. The molecule has 0 spiro atoms. The number of carbonyl (C=O) groups is 1. The minimum atomic E-state index is -0.0721. The van der Waals surface area contributed by atoms with Gasteiger partial charge < -0.3 is 10.6 Å². The number of hydrogen-bond donors (Lipinski definition) is 2. The third-order valence-electron chi connectivity index (χ3n) is 4.44. The number of thiazole rings is 1. The van der Waals surface area contributed by atoms with E-state index in [-0.39, 0.29) is 6.03 Å². The Hall–Kier alpha value is -1.88. The van der Waals surface area contributed by atoms with Crippen molar-refractivity contribution in [1.82, 2.24) is 15.6 Å². The molecule has 5 heteroatoms. The molecule has 1 heterocycles. The molecule has 1 aromatic carbocycles. The molecule has 0 aliphatic heterocycles. The van der Waals surface area contributed by atoms with E-state index in [9.17, 15) is 4.79 Å². The molecule has 0 saturated heterocycles. The number of nitrogens with zero attached hydrogens (tertiary/aromatic N) is 1. The van der Waals surface area contributed by atoms with E-state index in [2.05, 4.69) is 46.8 Å². The Balaban J connectivity index is 1.45. The molecule has 0 unspecified atom stereocenters. The van der Waals surface area contributed by atoms with E-state index < -0.39 is 0 Å². The van der Waals surface area contributed by atoms with Crippen molar-refractivity contribution in [3.63, 3.8) is 0 Å². The maximum absolute atomic E-state index is 12.0. The number of rotatable bonds is 5. The van der Waals surface area contributed by atoms with Gasteiger partial charge in [-0.2, -0.15) is 0 Å². The molecule has 0 bridgehead atoms. The van der Waals surface area contributed by atoms with Gasteiger partial charge in [0, 0.05) is 23.5 Å². The van der Waals surface area contributed by atoms with Crippen LogP contribution in [0, 0.1) is 6.92 Å². The van der Waals surface area contributed by atoms with Crippen LogP contribution >= 0.6 is 11.3 Å². The second kappa shape index (κ2) is 8.29. The first-order chi connectivity index (χ1) is 11.7. The third-order valence-corrected chi connectivity index (χ3v) is 5.44. The van der Waals surface area contributed by atoms with E-state index in [1.54, 1.807) is 11.3 Å². The monoisotopic (exact) mass is 343 g/mol. The Morgan fingerprint density at radius 2 is 1.96 bits per heavy atom. The highest BCUT2D eigenvalue weighted by molar-refractivity contribution is 7.11. The average Bonchev–Trinajstić information content (AvgIpc) is 3.04. The van der Waals surface area contributed by atoms with Gasteiger partial charge in [-0.1, -0.05) is 49.1 Å². The summed E-state index contributed by atoms with van der Waals surface area (Å²) in [5.74, 6) is 0. The van der Waals surface area contributed by atoms with Crippen LogP contribution in [0.3, 0.4) is 0 Å². The van der Waals surface area contributed by atoms with Crippen molar-refractivity contribution in [1.29, 1.82) is 0 Å². The summed E-state index contributed by atoms with van der Waals surface area (Å²) in [7, 11) is 0. The van der Waals surface area contributed by atoms with Crippen LogP contribution in [0.1, 0.15) is 53.1 Å². The fourth-order valence-corrected chi connectivity index (χ4v) is 3.95. The lowest BCUT2D eigenvalue weighted by Crippen LogP contribution is -2.42. The number of aromatic nitrogens is 1. The van der Waals surface area contributed by atoms with Crippen molar-refractivity contribution in [2.45, 2.75) is 58.0 Å². The SMILES string of the molecule is Cc1ccc(Cc2cnc(CNC(=O)NC3CCCCC3)s2)cc1. The molecule has 1 aliphatic carbocycles. The summed E-state index contributed by atoms with van der Waals surface area (Å²) in [4.78, 5) is 17.6. The summed E-state index contributed by atoms with van der Waals surface area (Å²) in [6.45, 7) is 2.59. The minimum absolute atomic E-state index is 0.0721. The van der Waals surface area contributed by atoms with Gasteiger partial charge in [0.15, 0.2) is 0 Å². The van der Waals surface area contributed by atoms with E-state index >= 15 is 0 Å². The predicted molar refractivity (Wildman–Crippen MR) is 98.3 cm³/mol. The molecule has 1 aromatic heterocycles. The van der Waals surface area contributed by atoms with Gasteiger partial charge in [-0.25, -0.2) is 9.78 Å². The van der Waals surface area contributed by atoms with E-state index in [0.29, 0.717) is 12.6 Å². The molecule has 24 heavy (non-hydrogen) atoms. The molecule has 1 aliphatic rings. The summed E-state index contributed by atoms with van der Waals surface area (Å²) in [5.41, 5.74) is 2.57. The quantitative estimate of drug-likeness (QED) is 0.856. The van der Waals surface area contributed by atoms with Crippen molar-refractivity contribution in [2.75, 3.05) is 0 Å². The number of carbonyl (C=O) groups excluding carboxylic acids is 1. The molecule has 128 valence electrons. The Morgan fingerprint density at radius 3 is 2.71 bits per heavy atom.